The second-order valence-electron chi connectivity index (χ2n) is 9.56. The zero-order valence-electron chi connectivity index (χ0n) is 21.2. The number of halogens is 1. The van der Waals surface area contributed by atoms with E-state index in [2.05, 4.69) is 15.8 Å². The molecule has 2 N–H and O–H groups in total. The van der Waals surface area contributed by atoms with Crippen molar-refractivity contribution in [1.29, 1.82) is 0 Å². The van der Waals surface area contributed by atoms with Crippen molar-refractivity contribution in [2.24, 2.45) is 4.99 Å². The van der Waals surface area contributed by atoms with Crippen LogP contribution < -0.4 is 15.7 Å². The van der Waals surface area contributed by atoms with Crippen molar-refractivity contribution in [2.75, 3.05) is 20.2 Å². The minimum atomic E-state index is -0.834. The van der Waals surface area contributed by atoms with Crippen molar-refractivity contribution in [1.82, 2.24) is 9.88 Å². The van der Waals surface area contributed by atoms with E-state index in [0.29, 0.717) is 58.4 Å². The van der Waals surface area contributed by atoms with Crippen LogP contribution in [0.5, 0.6) is 5.75 Å². The quantitative estimate of drug-likeness (QED) is 0.321. The first-order valence-electron chi connectivity index (χ1n) is 12.0. The average molecular weight is 510 g/mol. The van der Waals surface area contributed by atoms with E-state index in [4.69, 9.17) is 14.7 Å². The van der Waals surface area contributed by atoms with Crippen molar-refractivity contribution in [3.63, 3.8) is 0 Å². The van der Waals surface area contributed by atoms with Gasteiger partial charge < -0.3 is 19.8 Å². The summed E-state index contributed by atoms with van der Waals surface area (Å²) >= 11 is 0. The molecule has 2 heterocycles. The van der Waals surface area contributed by atoms with Gasteiger partial charge in [-0.05, 0) is 65.9 Å². The highest BCUT2D eigenvalue weighted by Crippen LogP contribution is 2.35. The molecule has 1 aliphatic rings. The fraction of sp³-hybridized carbons (Fsp3) is 0.357. The molecule has 0 spiro atoms. The molecule has 1 unspecified atom stereocenters. The number of piperidine rings is 1. The summed E-state index contributed by atoms with van der Waals surface area (Å²) in [4.78, 5) is 11.5. The Morgan fingerprint density at radius 1 is 1.36 bits per heavy atom. The minimum Gasteiger partial charge on any atom is -0.508 e. The van der Waals surface area contributed by atoms with E-state index in [0.717, 1.165) is 29.0 Å². The van der Waals surface area contributed by atoms with E-state index < -0.39 is 5.60 Å². The van der Waals surface area contributed by atoms with Gasteiger partial charge in [0.05, 0.1) is 18.4 Å². The van der Waals surface area contributed by atoms with Crippen LogP contribution >= 0.6 is 9.24 Å². The molecule has 0 aliphatic carbocycles. The Morgan fingerprint density at radius 2 is 2.11 bits per heavy atom. The maximum Gasteiger partial charge on any atom is 0.186 e. The van der Waals surface area contributed by atoms with E-state index in [1.54, 1.807) is 38.4 Å². The molecule has 1 fully saturated rings. The van der Waals surface area contributed by atoms with Gasteiger partial charge in [-0.25, -0.2) is 4.39 Å². The molecule has 1 aromatic heterocycles. The lowest BCUT2D eigenvalue weighted by atomic mass is 9.94. The molecule has 0 amide bonds. The molecule has 8 heteroatoms. The van der Waals surface area contributed by atoms with Crippen molar-refractivity contribution >= 4 is 43.6 Å². The summed E-state index contributed by atoms with van der Waals surface area (Å²) in [6.45, 7) is 11.0. The number of aliphatic imine (C=N–C) groups is 1. The number of nitrogens with zero attached hydrogens (tertiary/aromatic N) is 3. The Kier molecular flexibility index (Phi) is 7.35. The average Bonchev–Trinajstić information content (AvgIpc) is 2.83. The Labute approximate surface area is 213 Å². The zero-order chi connectivity index (χ0) is 26.2. The Morgan fingerprint density at radius 3 is 2.78 bits per heavy atom. The standard InChI is InChI=1S/C28H33FN3O3P/c1-6-20-23(29)9-8-18-12-19(33)13-21(24(18)20)25-26(36)16(2)22(14-30-25)27(31-17(3)35-5)32-11-7-10-28(4,34)15-32/h8-9,12-14,33-34H,2,6-7,10-11,15,36H2,1,3-5H3/b27-22+,31-17+/t28-/m1/s1. The number of aryl methyl sites for hydroxylation is 1. The topological polar surface area (TPSA) is 78.2 Å². The zero-order valence-corrected chi connectivity index (χ0v) is 22.4. The first-order chi connectivity index (χ1) is 17.1. The number of rotatable bonds is 4. The van der Waals surface area contributed by atoms with Crippen LogP contribution in [0.1, 0.15) is 39.2 Å². The lowest BCUT2D eigenvalue weighted by Crippen LogP contribution is -2.48. The number of aliphatic hydroxyl groups is 1. The van der Waals surface area contributed by atoms with Crippen LogP contribution in [0.15, 0.2) is 35.5 Å². The Hall–Kier alpha value is -3.02. The molecule has 2 aromatic carbocycles. The van der Waals surface area contributed by atoms with Crippen LogP contribution in [0.2, 0.25) is 0 Å². The number of aromatic hydroxyl groups is 1. The summed E-state index contributed by atoms with van der Waals surface area (Å²) < 4.78 is 20.1. The summed E-state index contributed by atoms with van der Waals surface area (Å²) in [6.07, 6.45) is 3.75. The molecular formula is C28H33FN3O3P. The van der Waals surface area contributed by atoms with Crippen LogP contribution in [0.4, 0.5) is 4.39 Å². The number of hydrogen-bond acceptors (Lipinski definition) is 6. The van der Waals surface area contributed by atoms with Gasteiger partial charge in [0.15, 0.2) is 5.90 Å². The van der Waals surface area contributed by atoms with Gasteiger partial charge in [-0.1, -0.05) is 19.6 Å². The number of fused-ring (bicyclic) bond motifs is 1. The van der Waals surface area contributed by atoms with Gasteiger partial charge in [0.25, 0.3) is 0 Å². The summed E-state index contributed by atoms with van der Waals surface area (Å²) in [5, 5.41) is 24.8. The molecule has 1 saturated heterocycles. The minimum absolute atomic E-state index is 0.0789. The predicted octanol–water partition coefficient (Wildman–Crippen LogP) is 3.20. The van der Waals surface area contributed by atoms with Crippen LogP contribution in [-0.4, -0.2) is 51.8 Å². The molecule has 6 nitrogen and oxygen atoms in total. The predicted molar refractivity (Wildman–Crippen MR) is 147 cm³/mol. The van der Waals surface area contributed by atoms with Gasteiger partial charge >= 0.3 is 0 Å². The maximum atomic E-state index is 14.7. The molecule has 0 radical (unpaired) electrons. The number of methoxy groups -OCH3 is 1. The fourth-order valence-electron chi connectivity index (χ4n) is 4.90. The number of phenols is 1. The van der Waals surface area contributed by atoms with E-state index in [-0.39, 0.29) is 11.6 Å². The highest BCUT2D eigenvalue weighted by Gasteiger charge is 2.30. The number of ether oxygens (including phenoxy) is 1. The van der Waals surface area contributed by atoms with Gasteiger partial charge in [0, 0.05) is 42.3 Å². The van der Waals surface area contributed by atoms with Crippen LogP contribution in [0, 0.1) is 5.82 Å². The Balaban J connectivity index is 2.01. The van der Waals surface area contributed by atoms with Gasteiger partial charge in [-0.15, -0.1) is 9.24 Å². The fourth-order valence-corrected chi connectivity index (χ4v) is 5.29. The SMILES string of the molecule is C=c1c(P)c(-c2cc(O)cc3ccc(F)c(CC)c23)nc/c1=C(/N=C(\C)OC)N1CCC[C@@](C)(O)C1. The van der Waals surface area contributed by atoms with Crippen LogP contribution in [0.3, 0.4) is 0 Å². The highest BCUT2D eigenvalue weighted by atomic mass is 31.0. The third kappa shape index (κ3) is 4.95. The van der Waals surface area contributed by atoms with E-state index >= 15 is 0 Å². The van der Waals surface area contributed by atoms with Gasteiger partial charge in [-0.3, -0.25) is 4.98 Å². The Bertz CT molecular complexity index is 1470. The third-order valence-electron chi connectivity index (χ3n) is 6.76. The number of β-amino-alcohol motifs (C(OH)–C–C–N with tert-alkyl or cyclic N) is 1. The molecule has 36 heavy (non-hydrogen) atoms. The summed E-state index contributed by atoms with van der Waals surface area (Å²) in [5.74, 6) is 0.898. The largest absolute Gasteiger partial charge is 0.508 e. The number of benzene rings is 2. The third-order valence-corrected chi connectivity index (χ3v) is 7.39. The number of aromatic nitrogens is 1. The van der Waals surface area contributed by atoms with Crippen molar-refractivity contribution < 1.29 is 19.3 Å². The van der Waals surface area contributed by atoms with Crippen molar-refractivity contribution in [3.8, 4) is 17.0 Å². The summed E-state index contributed by atoms with van der Waals surface area (Å²) in [6, 6.07) is 6.36. The van der Waals surface area contributed by atoms with Crippen molar-refractivity contribution in [3.05, 3.63) is 52.3 Å². The number of likely N-dealkylation sites (tertiary alicyclic amines) is 1. The molecule has 2 atom stereocenters. The molecule has 4 rings (SSSR count). The smallest absolute Gasteiger partial charge is 0.186 e. The molecule has 1 aliphatic heterocycles. The van der Waals surface area contributed by atoms with E-state index in [1.165, 1.54) is 6.07 Å². The number of hydrogen-bond donors (Lipinski definition) is 2. The normalized spacial score (nSPS) is 19.5. The van der Waals surface area contributed by atoms with E-state index in [1.807, 2.05) is 18.7 Å². The molecule has 190 valence electrons. The van der Waals surface area contributed by atoms with Crippen LogP contribution in [0.25, 0.3) is 34.4 Å². The molecule has 0 saturated carbocycles. The van der Waals surface area contributed by atoms with E-state index in [9.17, 15) is 14.6 Å². The molecule has 0 bridgehead atoms. The lowest BCUT2D eigenvalue weighted by molar-refractivity contribution is 0.00186. The summed E-state index contributed by atoms with van der Waals surface area (Å²) in [5.41, 5.74) is 0.972. The maximum absolute atomic E-state index is 14.7. The monoisotopic (exact) mass is 509 g/mol. The van der Waals surface area contributed by atoms with Gasteiger partial charge in [0.1, 0.15) is 17.4 Å². The second kappa shape index (κ2) is 10.2. The van der Waals surface area contributed by atoms with Gasteiger partial charge in [0.2, 0.25) is 0 Å². The first-order valence-corrected chi connectivity index (χ1v) is 12.6. The molecule has 3 aromatic rings. The van der Waals surface area contributed by atoms with Crippen molar-refractivity contribution in [2.45, 2.75) is 45.6 Å². The highest BCUT2D eigenvalue weighted by molar-refractivity contribution is 7.27. The number of pyridine rings is 1. The van der Waals surface area contributed by atoms with Crippen LogP contribution in [-0.2, 0) is 11.2 Å². The summed E-state index contributed by atoms with van der Waals surface area (Å²) in [7, 11) is 4.27. The molecular weight excluding hydrogens is 476 g/mol. The lowest BCUT2D eigenvalue weighted by Gasteiger charge is -2.38. The first kappa shape index (κ1) is 26.1. The second-order valence-corrected chi connectivity index (χ2v) is 10.1. The number of phenolic OH excluding ortho intramolecular Hbond substituents is 1. The van der Waals surface area contributed by atoms with Gasteiger partial charge in [-0.2, -0.15) is 4.99 Å².